The van der Waals surface area contributed by atoms with Gasteiger partial charge in [-0.3, -0.25) is 4.79 Å². The molecule has 0 saturated heterocycles. The monoisotopic (exact) mass is 271 g/mol. The first-order valence-corrected chi connectivity index (χ1v) is 6.89. The molecule has 2 rings (SSSR count). The number of carbonyl (C=O) groups excluding carboxylic acids is 1. The summed E-state index contributed by atoms with van der Waals surface area (Å²) in [6.07, 6.45) is 2.77. The maximum absolute atomic E-state index is 12.2. The molecule has 0 spiro atoms. The number of benzene rings is 1. The highest BCUT2D eigenvalue weighted by molar-refractivity contribution is 5.93. The highest BCUT2D eigenvalue weighted by Crippen LogP contribution is 2.12. The molecule has 0 bridgehead atoms. The van der Waals surface area contributed by atoms with Crippen LogP contribution in [0.3, 0.4) is 0 Å². The SMILES string of the molecule is CCCn1cc(N)cc1C(=O)NCc1ccc(C)cc1. The van der Waals surface area contributed by atoms with E-state index in [9.17, 15) is 4.79 Å². The molecule has 1 amide bonds. The Kier molecular flexibility index (Phi) is 4.45. The third-order valence-electron chi connectivity index (χ3n) is 3.19. The van der Waals surface area contributed by atoms with Crippen molar-refractivity contribution in [2.24, 2.45) is 0 Å². The Morgan fingerprint density at radius 1 is 1.30 bits per heavy atom. The summed E-state index contributed by atoms with van der Waals surface area (Å²) in [4.78, 5) is 12.2. The number of amides is 1. The van der Waals surface area contributed by atoms with Crippen molar-refractivity contribution in [3.8, 4) is 0 Å². The Bertz CT molecular complexity index is 584. The first kappa shape index (κ1) is 14.2. The van der Waals surface area contributed by atoms with Gasteiger partial charge in [0, 0.05) is 19.3 Å². The summed E-state index contributed by atoms with van der Waals surface area (Å²) in [7, 11) is 0. The normalized spacial score (nSPS) is 10.5. The topological polar surface area (TPSA) is 60.0 Å². The molecule has 1 aromatic heterocycles. The molecule has 0 aliphatic carbocycles. The lowest BCUT2D eigenvalue weighted by molar-refractivity contribution is 0.0941. The summed E-state index contributed by atoms with van der Waals surface area (Å²) >= 11 is 0. The second-order valence-electron chi connectivity index (χ2n) is 5.02. The van der Waals surface area contributed by atoms with Gasteiger partial charge >= 0.3 is 0 Å². The molecule has 0 saturated carbocycles. The zero-order valence-corrected chi connectivity index (χ0v) is 12.0. The molecule has 1 heterocycles. The summed E-state index contributed by atoms with van der Waals surface area (Å²) in [6, 6.07) is 9.85. The lowest BCUT2D eigenvalue weighted by atomic mass is 10.1. The molecule has 1 aromatic carbocycles. The summed E-state index contributed by atoms with van der Waals surface area (Å²) in [5, 5.41) is 2.93. The molecule has 0 radical (unpaired) electrons. The number of carbonyl (C=O) groups is 1. The summed E-state index contributed by atoms with van der Waals surface area (Å²) in [5.41, 5.74) is 9.32. The van der Waals surface area contributed by atoms with Crippen molar-refractivity contribution < 1.29 is 4.79 Å². The highest BCUT2D eigenvalue weighted by Gasteiger charge is 2.12. The molecule has 106 valence electrons. The van der Waals surface area contributed by atoms with Crippen molar-refractivity contribution in [3.05, 3.63) is 53.3 Å². The van der Waals surface area contributed by atoms with E-state index in [-0.39, 0.29) is 5.91 Å². The van der Waals surface area contributed by atoms with E-state index in [4.69, 9.17) is 5.73 Å². The maximum Gasteiger partial charge on any atom is 0.268 e. The van der Waals surface area contributed by atoms with Crippen LogP contribution >= 0.6 is 0 Å². The summed E-state index contributed by atoms with van der Waals surface area (Å²) in [6.45, 7) is 5.44. The van der Waals surface area contributed by atoms with Gasteiger partial charge in [-0.05, 0) is 25.0 Å². The van der Waals surface area contributed by atoms with E-state index in [1.165, 1.54) is 5.56 Å². The average molecular weight is 271 g/mol. The van der Waals surface area contributed by atoms with Crippen LogP contribution in [0.4, 0.5) is 5.69 Å². The summed E-state index contributed by atoms with van der Waals surface area (Å²) < 4.78 is 1.90. The molecular formula is C16H21N3O. The first-order chi connectivity index (χ1) is 9.60. The van der Waals surface area contributed by atoms with E-state index in [1.807, 2.05) is 42.0 Å². The van der Waals surface area contributed by atoms with Gasteiger partial charge in [-0.15, -0.1) is 0 Å². The molecule has 4 nitrogen and oxygen atoms in total. The number of rotatable bonds is 5. The fourth-order valence-corrected chi connectivity index (χ4v) is 2.13. The van der Waals surface area contributed by atoms with Crippen LogP contribution in [-0.2, 0) is 13.1 Å². The number of nitrogens with two attached hydrogens (primary N) is 1. The third kappa shape index (κ3) is 3.41. The van der Waals surface area contributed by atoms with Gasteiger partial charge in [-0.25, -0.2) is 0 Å². The molecule has 4 heteroatoms. The average Bonchev–Trinajstić information content (AvgIpc) is 2.79. The van der Waals surface area contributed by atoms with Crippen LogP contribution in [0.25, 0.3) is 0 Å². The molecule has 20 heavy (non-hydrogen) atoms. The van der Waals surface area contributed by atoms with Crippen molar-refractivity contribution in [1.82, 2.24) is 9.88 Å². The second-order valence-corrected chi connectivity index (χ2v) is 5.02. The molecular weight excluding hydrogens is 250 g/mol. The van der Waals surface area contributed by atoms with Gasteiger partial charge < -0.3 is 15.6 Å². The second kappa shape index (κ2) is 6.28. The Morgan fingerprint density at radius 2 is 2.00 bits per heavy atom. The van der Waals surface area contributed by atoms with Crippen LogP contribution in [0, 0.1) is 6.92 Å². The number of hydrogen-bond acceptors (Lipinski definition) is 2. The van der Waals surface area contributed by atoms with Gasteiger partial charge in [-0.1, -0.05) is 36.8 Å². The summed E-state index contributed by atoms with van der Waals surface area (Å²) in [5.74, 6) is -0.0873. The molecule has 0 aliphatic heterocycles. The fourth-order valence-electron chi connectivity index (χ4n) is 2.13. The lowest BCUT2D eigenvalue weighted by Crippen LogP contribution is -2.25. The van der Waals surface area contributed by atoms with Gasteiger partial charge in [0.1, 0.15) is 5.69 Å². The number of aryl methyl sites for hydroxylation is 2. The van der Waals surface area contributed by atoms with Crippen LogP contribution in [0.15, 0.2) is 36.5 Å². The molecule has 0 unspecified atom stereocenters. The maximum atomic E-state index is 12.2. The van der Waals surface area contributed by atoms with E-state index in [0.29, 0.717) is 17.9 Å². The van der Waals surface area contributed by atoms with Crippen LogP contribution in [0.2, 0.25) is 0 Å². The van der Waals surface area contributed by atoms with Crippen molar-refractivity contribution in [3.63, 3.8) is 0 Å². The molecule has 0 aliphatic rings. The van der Waals surface area contributed by atoms with Crippen molar-refractivity contribution in [2.45, 2.75) is 33.4 Å². The van der Waals surface area contributed by atoms with Gasteiger partial charge in [0.15, 0.2) is 0 Å². The zero-order chi connectivity index (χ0) is 14.5. The minimum Gasteiger partial charge on any atom is -0.397 e. The Morgan fingerprint density at radius 3 is 2.65 bits per heavy atom. The van der Waals surface area contributed by atoms with E-state index in [2.05, 4.69) is 12.2 Å². The number of hydrogen-bond donors (Lipinski definition) is 2. The van der Waals surface area contributed by atoms with Crippen LogP contribution < -0.4 is 11.1 Å². The molecule has 0 fully saturated rings. The van der Waals surface area contributed by atoms with Crippen LogP contribution in [0.1, 0.15) is 35.0 Å². The number of nitrogens with zero attached hydrogens (tertiary/aromatic N) is 1. The van der Waals surface area contributed by atoms with Crippen molar-refractivity contribution in [1.29, 1.82) is 0 Å². The van der Waals surface area contributed by atoms with E-state index < -0.39 is 0 Å². The first-order valence-electron chi connectivity index (χ1n) is 6.89. The van der Waals surface area contributed by atoms with E-state index in [0.717, 1.165) is 18.5 Å². The largest absolute Gasteiger partial charge is 0.397 e. The van der Waals surface area contributed by atoms with Crippen LogP contribution in [-0.4, -0.2) is 10.5 Å². The number of nitrogen functional groups attached to an aromatic ring is 1. The number of nitrogens with one attached hydrogen (secondary N) is 1. The standard InChI is InChI=1S/C16H21N3O/c1-3-8-19-11-14(17)9-15(19)16(20)18-10-13-6-4-12(2)5-7-13/h4-7,9,11H,3,8,10,17H2,1-2H3,(H,18,20). The smallest absolute Gasteiger partial charge is 0.268 e. The minimum absolute atomic E-state index is 0.0873. The predicted molar refractivity (Wildman–Crippen MR) is 81.5 cm³/mol. The van der Waals surface area contributed by atoms with Gasteiger partial charge in [0.2, 0.25) is 0 Å². The Balaban J connectivity index is 2.03. The van der Waals surface area contributed by atoms with Crippen LogP contribution in [0.5, 0.6) is 0 Å². The zero-order valence-electron chi connectivity index (χ0n) is 12.0. The molecule has 2 aromatic rings. The minimum atomic E-state index is -0.0873. The highest BCUT2D eigenvalue weighted by atomic mass is 16.1. The Labute approximate surface area is 119 Å². The van der Waals surface area contributed by atoms with Crippen molar-refractivity contribution >= 4 is 11.6 Å². The predicted octanol–water partition coefficient (Wildman–Crippen LogP) is 2.72. The van der Waals surface area contributed by atoms with E-state index >= 15 is 0 Å². The quantitative estimate of drug-likeness (QED) is 0.878. The van der Waals surface area contributed by atoms with Gasteiger partial charge in [0.05, 0.1) is 5.69 Å². The fraction of sp³-hybridized carbons (Fsp3) is 0.312. The van der Waals surface area contributed by atoms with Gasteiger partial charge in [-0.2, -0.15) is 0 Å². The third-order valence-corrected chi connectivity index (χ3v) is 3.19. The lowest BCUT2D eigenvalue weighted by Gasteiger charge is -2.09. The molecule has 0 atom stereocenters. The van der Waals surface area contributed by atoms with Crippen molar-refractivity contribution in [2.75, 3.05) is 5.73 Å². The van der Waals surface area contributed by atoms with Gasteiger partial charge in [0.25, 0.3) is 5.91 Å². The van der Waals surface area contributed by atoms with E-state index in [1.54, 1.807) is 6.07 Å². The number of anilines is 1. The number of aromatic nitrogens is 1. The Hall–Kier alpha value is -2.23. The molecule has 3 N–H and O–H groups in total.